The topological polar surface area (TPSA) is 21.3 Å². The summed E-state index contributed by atoms with van der Waals surface area (Å²) in [5.41, 5.74) is 2.41. The minimum atomic E-state index is 0.452. The lowest BCUT2D eigenvalue weighted by atomic mass is 10.0. The van der Waals surface area contributed by atoms with Crippen molar-refractivity contribution < 1.29 is 4.74 Å². The van der Waals surface area contributed by atoms with Crippen molar-refractivity contribution in [3.8, 4) is 11.5 Å². The van der Waals surface area contributed by atoms with Gasteiger partial charge in [-0.3, -0.25) is 0 Å². The lowest BCUT2D eigenvalue weighted by Crippen LogP contribution is -2.06. The number of para-hydroxylation sites is 2. The van der Waals surface area contributed by atoms with Gasteiger partial charge in [0.1, 0.15) is 11.5 Å². The van der Waals surface area contributed by atoms with Gasteiger partial charge < -0.3 is 10.1 Å². The lowest BCUT2D eigenvalue weighted by molar-refractivity contribution is 0.465. The third kappa shape index (κ3) is 3.36. The van der Waals surface area contributed by atoms with Gasteiger partial charge in [0.2, 0.25) is 0 Å². The number of nitrogens with one attached hydrogen (secondary N) is 1. The van der Waals surface area contributed by atoms with Crippen molar-refractivity contribution in [3.05, 3.63) is 59.7 Å². The number of hydrogen-bond acceptors (Lipinski definition) is 2. The molecular weight excluding hydrogens is 234 g/mol. The van der Waals surface area contributed by atoms with Crippen LogP contribution in [0, 0.1) is 0 Å². The molecule has 2 heteroatoms. The highest BCUT2D eigenvalue weighted by Gasteiger charge is 2.09. The Kier molecular flexibility index (Phi) is 4.58. The summed E-state index contributed by atoms with van der Waals surface area (Å²) in [6, 6.07) is 16.4. The van der Waals surface area contributed by atoms with Crippen LogP contribution >= 0.6 is 0 Å². The molecule has 0 fully saturated rings. The normalized spacial score (nSPS) is 10.7. The highest BCUT2D eigenvalue weighted by Crippen LogP contribution is 2.31. The Morgan fingerprint density at radius 1 is 0.947 bits per heavy atom. The quantitative estimate of drug-likeness (QED) is 0.859. The number of benzene rings is 2. The molecule has 2 rings (SSSR count). The summed E-state index contributed by atoms with van der Waals surface area (Å²) in [5.74, 6) is 2.32. The third-order valence-corrected chi connectivity index (χ3v) is 3.10. The van der Waals surface area contributed by atoms with E-state index in [1.165, 1.54) is 11.1 Å². The first-order valence-electron chi connectivity index (χ1n) is 6.71. The lowest BCUT2D eigenvalue weighted by Gasteiger charge is -2.15. The summed E-state index contributed by atoms with van der Waals surface area (Å²) in [6.07, 6.45) is 0. The van der Waals surface area contributed by atoms with E-state index in [-0.39, 0.29) is 0 Å². The maximum atomic E-state index is 6.11. The third-order valence-electron chi connectivity index (χ3n) is 3.10. The van der Waals surface area contributed by atoms with E-state index in [2.05, 4.69) is 37.4 Å². The van der Waals surface area contributed by atoms with Gasteiger partial charge in [0, 0.05) is 12.1 Å². The van der Waals surface area contributed by atoms with Crippen LogP contribution in [0.5, 0.6) is 11.5 Å². The first-order valence-corrected chi connectivity index (χ1v) is 6.71. The van der Waals surface area contributed by atoms with E-state index in [4.69, 9.17) is 4.74 Å². The Balaban J connectivity index is 2.31. The minimum absolute atomic E-state index is 0.452. The fourth-order valence-corrected chi connectivity index (χ4v) is 2.11. The second-order valence-corrected chi connectivity index (χ2v) is 4.93. The fraction of sp³-hybridized carbons (Fsp3) is 0.294. The second-order valence-electron chi connectivity index (χ2n) is 4.93. The highest BCUT2D eigenvalue weighted by atomic mass is 16.5. The summed E-state index contributed by atoms with van der Waals surface area (Å²) in [5, 5.41) is 3.17. The molecule has 0 atom stereocenters. The zero-order valence-corrected chi connectivity index (χ0v) is 11.8. The van der Waals surface area contributed by atoms with Crippen LogP contribution in [0.25, 0.3) is 0 Å². The van der Waals surface area contributed by atoms with Gasteiger partial charge in [-0.1, -0.05) is 50.2 Å². The molecule has 19 heavy (non-hydrogen) atoms. The molecule has 100 valence electrons. The van der Waals surface area contributed by atoms with E-state index >= 15 is 0 Å². The second kappa shape index (κ2) is 6.39. The Morgan fingerprint density at radius 2 is 1.58 bits per heavy atom. The van der Waals surface area contributed by atoms with E-state index in [1.54, 1.807) is 0 Å². The molecule has 0 heterocycles. The minimum Gasteiger partial charge on any atom is -0.457 e. The van der Waals surface area contributed by atoms with Gasteiger partial charge in [0.15, 0.2) is 0 Å². The van der Waals surface area contributed by atoms with Crippen molar-refractivity contribution >= 4 is 0 Å². The summed E-state index contributed by atoms with van der Waals surface area (Å²) in [7, 11) is 1.94. The standard InChI is InChI=1S/C17H21NO/c1-13(2)15-9-5-7-11-17(15)19-16-10-6-4-8-14(16)12-18-3/h4-11,13,18H,12H2,1-3H3. The van der Waals surface area contributed by atoms with E-state index in [0.29, 0.717) is 5.92 Å². The van der Waals surface area contributed by atoms with E-state index in [9.17, 15) is 0 Å². The van der Waals surface area contributed by atoms with Gasteiger partial charge in [-0.05, 0) is 30.7 Å². The molecular formula is C17H21NO. The SMILES string of the molecule is CNCc1ccccc1Oc1ccccc1C(C)C. The molecule has 2 nitrogen and oxygen atoms in total. The average Bonchev–Trinajstić information content (AvgIpc) is 2.42. The highest BCUT2D eigenvalue weighted by molar-refractivity contribution is 5.42. The zero-order valence-electron chi connectivity index (χ0n) is 11.8. The Labute approximate surface area is 115 Å². The smallest absolute Gasteiger partial charge is 0.131 e. The molecule has 0 unspecified atom stereocenters. The molecule has 0 aliphatic rings. The van der Waals surface area contributed by atoms with Crippen LogP contribution in [0.1, 0.15) is 30.9 Å². The average molecular weight is 255 g/mol. The molecule has 0 saturated carbocycles. The van der Waals surface area contributed by atoms with Crippen LogP contribution in [0.2, 0.25) is 0 Å². The van der Waals surface area contributed by atoms with Crippen LogP contribution < -0.4 is 10.1 Å². The Morgan fingerprint density at radius 3 is 2.26 bits per heavy atom. The Bertz CT molecular complexity index is 534. The van der Waals surface area contributed by atoms with Crippen LogP contribution in [0.15, 0.2) is 48.5 Å². The predicted octanol–water partition coefficient (Wildman–Crippen LogP) is 4.32. The molecule has 0 saturated heterocycles. The van der Waals surface area contributed by atoms with Gasteiger partial charge in [-0.25, -0.2) is 0 Å². The van der Waals surface area contributed by atoms with Crippen molar-refractivity contribution in [1.82, 2.24) is 5.32 Å². The molecule has 0 aromatic heterocycles. The van der Waals surface area contributed by atoms with Crippen LogP contribution in [-0.2, 0) is 6.54 Å². The van der Waals surface area contributed by atoms with Gasteiger partial charge in [-0.2, -0.15) is 0 Å². The van der Waals surface area contributed by atoms with Crippen molar-refractivity contribution in [2.75, 3.05) is 7.05 Å². The summed E-state index contributed by atoms with van der Waals surface area (Å²) < 4.78 is 6.11. The van der Waals surface area contributed by atoms with Crippen LogP contribution in [0.3, 0.4) is 0 Å². The van der Waals surface area contributed by atoms with Crippen molar-refractivity contribution in [2.45, 2.75) is 26.3 Å². The first kappa shape index (κ1) is 13.6. The van der Waals surface area contributed by atoms with Gasteiger partial charge in [-0.15, -0.1) is 0 Å². The molecule has 0 amide bonds. The summed E-state index contributed by atoms with van der Waals surface area (Å²) in [6.45, 7) is 5.17. The Hall–Kier alpha value is -1.80. The number of ether oxygens (including phenoxy) is 1. The predicted molar refractivity (Wildman–Crippen MR) is 79.8 cm³/mol. The molecule has 1 N–H and O–H groups in total. The van der Waals surface area contributed by atoms with Crippen LogP contribution in [0.4, 0.5) is 0 Å². The molecule has 2 aromatic carbocycles. The molecule has 0 aliphatic carbocycles. The number of rotatable bonds is 5. The van der Waals surface area contributed by atoms with E-state index < -0.39 is 0 Å². The van der Waals surface area contributed by atoms with Gasteiger partial charge in [0.05, 0.1) is 0 Å². The molecule has 0 aliphatic heterocycles. The summed E-state index contributed by atoms with van der Waals surface area (Å²) in [4.78, 5) is 0. The largest absolute Gasteiger partial charge is 0.457 e. The number of hydrogen-bond donors (Lipinski definition) is 1. The van der Waals surface area contributed by atoms with E-state index in [0.717, 1.165) is 18.0 Å². The fourth-order valence-electron chi connectivity index (χ4n) is 2.11. The van der Waals surface area contributed by atoms with Gasteiger partial charge >= 0.3 is 0 Å². The van der Waals surface area contributed by atoms with Crippen molar-refractivity contribution in [2.24, 2.45) is 0 Å². The zero-order chi connectivity index (χ0) is 13.7. The van der Waals surface area contributed by atoms with Crippen molar-refractivity contribution in [1.29, 1.82) is 0 Å². The summed E-state index contributed by atoms with van der Waals surface area (Å²) >= 11 is 0. The van der Waals surface area contributed by atoms with Crippen LogP contribution in [-0.4, -0.2) is 7.05 Å². The van der Waals surface area contributed by atoms with Gasteiger partial charge in [0.25, 0.3) is 0 Å². The monoisotopic (exact) mass is 255 g/mol. The molecule has 0 radical (unpaired) electrons. The first-order chi connectivity index (χ1) is 9.22. The van der Waals surface area contributed by atoms with E-state index in [1.807, 2.05) is 37.4 Å². The van der Waals surface area contributed by atoms with Crippen molar-refractivity contribution in [3.63, 3.8) is 0 Å². The molecule has 0 spiro atoms. The molecule has 0 bridgehead atoms. The molecule has 2 aromatic rings. The maximum absolute atomic E-state index is 6.11. The maximum Gasteiger partial charge on any atom is 0.131 e.